The summed E-state index contributed by atoms with van der Waals surface area (Å²) in [4.78, 5) is 0. The second-order valence-electron chi connectivity index (χ2n) is 8.08. The summed E-state index contributed by atoms with van der Waals surface area (Å²) < 4.78 is 5.98. The van der Waals surface area contributed by atoms with Gasteiger partial charge in [0.25, 0.3) is 0 Å². The standard InChI is InChI=1S/C17H31NO/c1-16(2)13-8-9-17(3,12-13)15(16)18-10-11-19-14-6-4-5-7-14/h13-15,18H,4-12H2,1-3H3/t13-,15?,17+/m0/s1. The van der Waals surface area contributed by atoms with Crippen molar-refractivity contribution in [1.29, 1.82) is 0 Å². The molecule has 0 aromatic rings. The van der Waals surface area contributed by atoms with Gasteiger partial charge in [-0.25, -0.2) is 0 Å². The average molecular weight is 265 g/mol. The zero-order valence-electron chi connectivity index (χ0n) is 13.0. The fraction of sp³-hybridized carbons (Fsp3) is 1.00. The van der Waals surface area contributed by atoms with E-state index in [0.29, 0.717) is 23.0 Å². The van der Waals surface area contributed by atoms with E-state index in [2.05, 4.69) is 26.1 Å². The first-order chi connectivity index (χ1) is 9.02. The number of rotatable bonds is 5. The van der Waals surface area contributed by atoms with Gasteiger partial charge in [0.2, 0.25) is 0 Å². The summed E-state index contributed by atoms with van der Waals surface area (Å²) >= 11 is 0. The lowest BCUT2D eigenvalue weighted by Gasteiger charge is -2.43. The van der Waals surface area contributed by atoms with Gasteiger partial charge in [0, 0.05) is 12.6 Å². The van der Waals surface area contributed by atoms with Crippen LogP contribution in [-0.2, 0) is 4.74 Å². The van der Waals surface area contributed by atoms with Crippen molar-refractivity contribution >= 4 is 0 Å². The molecule has 3 rings (SSSR count). The molecule has 2 nitrogen and oxygen atoms in total. The number of hydrogen-bond donors (Lipinski definition) is 1. The van der Waals surface area contributed by atoms with Gasteiger partial charge in [0.15, 0.2) is 0 Å². The molecular formula is C17H31NO. The van der Waals surface area contributed by atoms with E-state index in [1.807, 2.05) is 0 Å². The average Bonchev–Trinajstić information content (AvgIpc) is 3.01. The molecule has 3 fully saturated rings. The Morgan fingerprint density at radius 2 is 1.84 bits per heavy atom. The number of ether oxygens (including phenoxy) is 1. The van der Waals surface area contributed by atoms with Gasteiger partial charge < -0.3 is 10.1 Å². The van der Waals surface area contributed by atoms with E-state index in [4.69, 9.17) is 4.74 Å². The van der Waals surface area contributed by atoms with Crippen LogP contribution in [0.2, 0.25) is 0 Å². The van der Waals surface area contributed by atoms with Gasteiger partial charge in [-0.15, -0.1) is 0 Å². The molecule has 3 aliphatic carbocycles. The van der Waals surface area contributed by atoms with E-state index in [1.165, 1.54) is 44.9 Å². The van der Waals surface area contributed by atoms with Crippen LogP contribution in [0.5, 0.6) is 0 Å². The Bertz CT molecular complexity index is 316. The van der Waals surface area contributed by atoms with Crippen molar-refractivity contribution in [2.75, 3.05) is 13.2 Å². The summed E-state index contributed by atoms with van der Waals surface area (Å²) in [6.07, 6.45) is 10.2. The lowest BCUT2D eigenvalue weighted by molar-refractivity contribution is 0.0471. The molecule has 2 bridgehead atoms. The molecule has 0 aromatic heterocycles. The van der Waals surface area contributed by atoms with Gasteiger partial charge in [0.1, 0.15) is 0 Å². The van der Waals surface area contributed by atoms with E-state index in [9.17, 15) is 0 Å². The van der Waals surface area contributed by atoms with Crippen LogP contribution in [0, 0.1) is 16.7 Å². The molecule has 0 aliphatic heterocycles. The maximum absolute atomic E-state index is 5.98. The second kappa shape index (κ2) is 5.04. The molecule has 0 radical (unpaired) electrons. The Labute approximate surface area is 118 Å². The lowest BCUT2D eigenvalue weighted by Crippen LogP contribution is -2.51. The number of hydrogen-bond acceptors (Lipinski definition) is 2. The van der Waals surface area contributed by atoms with Gasteiger partial charge in [-0.3, -0.25) is 0 Å². The van der Waals surface area contributed by atoms with E-state index >= 15 is 0 Å². The highest BCUT2D eigenvalue weighted by Crippen LogP contribution is 2.62. The highest BCUT2D eigenvalue weighted by Gasteiger charge is 2.58. The maximum Gasteiger partial charge on any atom is 0.0594 e. The highest BCUT2D eigenvalue weighted by atomic mass is 16.5. The Morgan fingerprint density at radius 1 is 1.11 bits per heavy atom. The van der Waals surface area contributed by atoms with E-state index < -0.39 is 0 Å². The fourth-order valence-corrected chi connectivity index (χ4v) is 5.30. The van der Waals surface area contributed by atoms with Crippen LogP contribution >= 0.6 is 0 Å². The maximum atomic E-state index is 5.98. The summed E-state index contributed by atoms with van der Waals surface area (Å²) in [5, 5.41) is 3.84. The predicted molar refractivity (Wildman–Crippen MR) is 79.2 cm³/mol. The molecule has 0 aromatic carbocycles. The Morgan fingerprint density at radius 3 is 2.47 bits per heavy atom. The summed E-state index contributed by atoms with van der Waals surface area (Å²) in [6.45, 7) is 9.37. The van der Waals surface area contributed by atoms with Crippen LogP contribution in [0.1, 0.15) is 65.7 Å². The predicted octanol–water partition coefficient (Wildman–Crippen LogP) is 3.75. The van der Waals surface area contributed by atoms with Crippen molar-refractivity contribution in [3.8, 4) is 0 Å². The quantitative estimate of drug-likeness (QED) is 0.764. The molecular weight excluding hydrogens is 234 g/mol. The van der Waals surface area contributed by atoms with Crippen molar-refractivity contribution in [2.45, 2.75) is 77.9 Å². The smallest absolute Gasteiger partial charge is 0.0594 e. The first-order valence-corrected chi connectivity index (χ1v) is 8.37. The molecule has 0 spiro atoms. The topological polar surface area (TPSA) is 21.3 Å². The third-order valence-corrected chi connectivity index (χ3v) is 6.38. The van der Waals surface area contributed by atoms with Crippen molar-refractivity contribution in [3.05, 3.63) is 0 Å². The van der Waals surface area contributed by atoms with Gasteiger partial charge >= 0.3 is 0 Å². The minimum absolute atomic E-state index is 0.473. The number of fused-ring (bicyclic) bond motifs is 2. The Kier molecular flexibility index (Phi) is 3.68. The normalized spacial score (nSPS) is 41.2. The van der Waals surface area contributed by atoms with Crippen LogP contribution < -0.4 is 5.32 Å². The van der Waals surface area contributed by atoms with Gasteiger partial charge in [-0.05, 0) is 48.9 Å². The van der Waals surface area contributed by atoms with Crippen molar-refractivity contribution in [3.63, 3.8) is 0 Å². The molecule has 1 unspecified atom stereocenters. The fourth-order valence-electron chi connectivity index (χ4n) is 5.30. The molecule has 3 saturated carbocycles. The first-order valence-electron chi connectivity index (χ1n) is 8.37. The first kappa shape index (κ1) is 13.9. The summed E-state index contributed by atoms with van der Waals surface area (Å²) in [6, 6.07) is 0.686. The molecule has 110 valence electrons. The SMILES string of the molecule is CC1(C)C(NCCOC2CCCC2)[C@]2(C)CC[C@H]1C2. The van der Waals surface area contributed by atoms with Crippen LogP contribution in [0.15, 0.2) is 0 Å². The number of nitrogens with one attached hydrogen (secondary N) is 1. The molecule has 3 aliphatic rings. The molecule has 0 heterocycles. The van der Waals surface area contributed by atoms with Gasteiger partial charge in [-0.2, -0.15) is 0 Å². The second-order valence-corrected chi connectivity index (χ2v) is 8.08. The van der Waals surface area contributed by atoms with Crippen LogP contribution in [0.25, 0.3) is 0 Å². The van der Waals surface area contributed by atoms with E-state index in [1.54, 1.807) is 0 Å². The largest absolute Gasteiger partial charge is 0.377 e. The van der Waals surface area contributed by atoms with Gasteiger partial charge in [-0.1, -0.05) is 33.6 Å². The van der Waals surface area contributed by atoms with Crippen molar-refractivity contribution < 1.29 is 4.74 Å². The third-order valence-electron chi connectivity index (χ3n) is 6.38. The molecule has 1 N–H and O–H groups in total. The Balaban J connectivity index is 1.46. The van der Waals surface area contributed by atoms with E-state index in [0.717, 1.165) is 19.1 Å². The van der Waals surface area contributed by atoms with Crippen molar-refractivity contribution in [1.82, 2.24) is 5.32 Å². The lowest BCUT2D eigenvalue weighted by atomic mass is 9.68. The van der Waals surface area contributed by atoms with Crippen molar-refractivity contribution in [2.24, 2.45) is 16.7 Å². The monoisotopic (exact) mass is 265 g/mol. The van der Waals surface area contributed by atoms with Crippen LogP contribution in [0.3, 0.4) is 0 Å². The molecule has 19 heavy (non-hydrogen) atoms. The molecule has 3 atom stereocenters. The summed E-state index contributed by atoms with van der Waals surface area (Å²) in [7, 11) is 0. The molecule has 0 saturated heterocycles. The summed E-state index contributed by atoms with van der Waals surface area (Å²) in [5.74, 6) is 0.936. The minimum Gasteiger partial charge on any atom is -0.377 e. The minimum atomic E-state index is 0.473. The summed E-state index contributed by atoms with van der Waals surface area (Å²) in [5.41, 5.74) is 1.02. The molecule has 0 amide bonds. The zero-order valence-corrected chi connectivity index (χ0v) is 13.0. The van der Waals surface area contributed by atoms with E-state index in [-0.39, 0.29) is 0 Å². The Hall–Kier alpha value is -0.0800. The zero-order chi connectivity index (χ0) is 13.5. The van der Waals surface area contributed by atoms with Crippen LogP contribution in [0.4, 0.5) is 0 Å². The highest BCUT2D eigenvalue weighted by molar-refractivity contribution is 5.11. The van der Waals surface area contributed by atoms with Gasteiger partial charge in [0.05, 0.1) is 12.7 Å². The van der Waals surface area contributed by atoms with Crippen LogP contribution in [-0.4, -0.2) is 25.3 Å². The third kappa shape index (κ3) is 2.47. The molecule has 2 heteroatoms.